The molecule has 0 unspecified atom stereocenters. The van der Waals surface area contributed by atoms with Crippen molar-refractivity contribution in [2.45, 2.75) is 25.2 Å². The lowest BCUT2D eigenvalue weighted by molar-refractivity contribution is 0.132. The van der Waals surface area contributed by atoms with Gasteiger partial charge < -0.3 is 10.1 Å². The Morgan fingerprint density at radius 1 is 1.18 bits per heavy atom. The van der Waals surface area contributed by atoms with Gasteiger partial charge in [-0.3, -0.25) is 0 Å². The smallest absolute Gasteiger partial charge is 0.0639 e. The monoisotopic (exact) mass is 253 g/mol. The zero-order valence-electron chi connectivity index (χ0n) is 11.0. The number of rotatable bonds is 8. The first-order valence-corrected chi connectivity index (χ1v) is 7.40. The van der Waals surface area contributed by atoms with Crippen LogP contribution in [-0.4, -0.2) is 26.0 Å². The van der Waals surface area contributed by atoms with Crippen molar-refractivity contribution < 1.29 is 4.74 Å². The van der Waals surface area contributed by atoms with Crippen LogP contribution in [0.2, 0.25) is 0 Å². The van der Waals surface area contributed by atoms with Gasteiger partial charge in [0, 0.05) is 23.7 Å². The summed E-state index contributed by atoms with van der Waals surface area (Å²) < 4.78 is 5.54. The molecular weight excluding hydrogens is 230 g/mol. The average Bonchev–Trinajstić information content (AvgIpc) is 2.34. The third-order valence-corrected chi connectivity index (χ3v) is 3.25. The van der Waals surface area contributed by atoms with Crippen molar-refractivity contribution in [2.24, 2.45) is 5.92 Å². The summed E-state index contributed by atoms with van der Waals surface area (Å²) in [5, 5.41) is 3.35. The van der Waals surface area contributed by atoms with Gasteiger partial charge in [0.1, 0.15) is 0 Å². The summed E-state index contributed by atoms with van der Waals surface area (Å²) in [5.74, 6) is 0.724. The van der Waals surface area contributed by atoms with E-state index < -0.39 is 0 Å². The molecule has 0 aliphatic heterocycles. The van der Waals surface area contributed by atoms with Gasteiger partial charge in [-0.05, 0) is 42.9 Å². The van der Waals surface area contributed by atoms with Crippen LogP contribution in [0.1, 0.15) is 20.3 Å². The molecule has 0 radical (unpaired) electrons. The molecule has 0 aromatic heterocycles. The number of thioether (sulfide) groups is 1. The van der Waals surface area contributed by atoms with E-state index in [1.165, 1.54) is 4.90 Å². The minimum Gasteiger partial charge on any atom is -0.383 e. The second kappa shape index (κ2) is 8.43. The first kappa shape index (κ1) is 14.4. The summed E-state index contributed by atoms with van der Waals surface area (Å²) in [4.78, 5) is 1.30. The number of hydrogen-bond donors (Lipinski definition) is 1. The molecule has 17 heavy (non-hydrogen) atoms. The van der Waals surface area contributed by atoms with Crippen molar-refractivity contribution >= 4 is 17.4 Å². The molecular formula is C14H23NOS. The molecule has 0 atom stereocenters. The van der Waals surface area contributed by atoms with E-state index in [9.17, 15) is 0 Å². The number of ether oxygens (including phenoxy) is 1. The van der Waals surface area contributed by atoms with Crippen molar-refractivity contribution in [1.29, 1.82) is 0 Å². The molecule has 0 aliphatic rings. The molecule has 0 bridgehead atoms. The molecule has 0 aliphatic carbocycles. The average molecular weight is 253 g/mol. The first-order valence-electron chi connectivity index (χ1n) is 6.18. The van der Waals surface area contributed by atoms with Crippen molar-refractivity contribution in [1.82, 2.24) is 0 Å². The fourth-order valence-corrected chi connectivity index (χ4v) is 1.81. The van der Waals surface area contributed by atoms with E-state index in [0.29, 0.717) is 0 Å². The second-order valence-corrected chi connectivity index (χ2v) is 5.33. The van der Waals surface area contributed by atoms with E-state index in [0.717, 1.165) is 37.8 Å². The molecule has 1 aromatic carbocycles. The van der Waals surface area contributed by atoms with Crippen LogP contribution in [-0.2, 0) is 4.74 Å². The maximum atomic E-state index is 5.54. The number of benzene rings is 1. The van der Waals surface area contributed by atoms with E-state index in [1.54, 1.807) is 11.8 Å². The molecule has 0 spiro atoms. The lowest BCUT2D eigenvalue weighted by Crippen LogP contribution is -2.10. The maximum absolute atomic E-state index is 5.54. The van der Waals surface area contributed by atoms with E-state index in [-0.39, 0.29) is 0 Å². The molecule has 96 valence electrons. The predicted octanol–water partition coefficient (Wildman–Crippen LogP) is 3.88. The SMILES string of the molecule is CSc1ccc(NCCOCCC(C)C)cc1. The van der Waals surface area contributed by atoms with Gasteiger partial charge in [-0.15, -0.1) is 11.8 Å². The van der Waals surface area contributed by atoms with Gasteiger partial charge >= 0.3 is 0 Å². The highest BCUT2D eigenvalue weighted by molar-refractivity contribution is 7.98. The molecule has 0 fully saturated rings. The van der Waals surface area contributed by atoms with Crippen molar-refractivity contribution in [3.8, 4) is 0 Å². The highest BCUT2D eigenvalue weighted by Crippen LogP contribution is 2.17. The van der Waals surface area contributed by atoms with Gasteiger partial charge in [-0.2, -0.15) is 0 Å². The molecule has 0 saturated carbocycles. The molecule has 1 rings (SSSR count). The lowest BCUT2D eigenvalue weighted by Gasteiger charge is -2.08. The van der Waals surface area contributed by atoms with Gasteiger partial charge in [0.05, 0.1) is 6.61 Å². The summed E-state index contributed by atoms with van der Waals surface area (Å²) in [7, 11) is 0. The summed E-state index contributed by atoms with van der Waals surface area (Å²) in [6, 6.07) is 8.49. The number of nitrogens with one attached hydrogen (secondary N) is 1. The molecule has 0 saturated heterocycles. The summed E-state index contributed by atoms with van der Waals surface area (Å²) in [5.41, 5.74) is 1.16. The Kier molecular flexibility index (Phi) is 7.13. The Balaban J connectivity index is 2.09. The predicted molar refractivity (Wildman–Crippen MR) is 77.0 cm³/mol. The van der Waals surface area contributed by atoms with Crippen LogP contribution in [0.4, 0.5) is 5.69 Å². The van der Waals surface area contributed by atoms with E-state index in [4.69, 9.17) is 4.74 Å². The summed E-state index contributed by atoms with van der Waals surface area (Å²) in [6.45, 7) is 6.95. The van der Waals surface area contributed by atoms with Gasteiger partial charge in [0.15, 0.2) is 0 Å². The lowest BCUT2D eigenvalue weighted by atomic mass is 10.1. The Labute approximate surface area is 109 Å². The zero-order chi connectivity index (χ0) is 12.5. The van der Waals surface area contributed by atoms with Crippen molar-refractivity contribution in [3.05, 3.63) is 24.3 Å². The molecule has 0 amide bonds. The van der Waals surface area contributed by atoms with Gasteiger partial charge in [0.2, 0.25) is 0 Å². The number of hydrogen-bond acceptors (Lipinski definition) is 3. The molecule has 1 N–H and O–H groups in total. The van der Waals surface area contributed by atoms with Gasteiger partial charge in [0.25, 0.3) is 0 Å². The second-order valence-electron chi connectivity index (χ2n) is 4.45. The van der Waals surface area contributed by atoms with E-state index in [2.05, 4.69) is 49.7 Å². The summed E-state index contributed by atoms with van der Waals surface area (Å²) >= 11 is 1.76. The highest BCUT2D eigenvalue weighted by atomic mass is 32.2. The van der Waals surface area contributed by atoms with Gasteiger partial charge in [-0.25, -0.2) is 0 Å². The van der Waals surface area contributed by atoms with Crippen LogP contribution in [0.15, 0.2) is 29.2 Å². The quantitative estimate of drug-likeness (QED) is 0.561. The molecule has 3 heteroatoms. The molecule has 2 nitrogen and oxygen atoms in total. The van der Waals surface area contributed by atoms with E-state index >= 15 is 0 Å². The third-order valence-electron chi connectivity index (χ3n) is 2.51. The zero-order valence-corrected chi connectivity index (χ0v) is 11.8. The Bertz CT molecular complexity index is 298. The van der Waals surface area contributed by atoms with Crippen LogP contribution < -0.4 is 5.32 Å². The molecule has 1 aromatic rings. The fraction of sp³-hybridized carbons (Fsp3) is 0.571. The molecule has 0 heterocycles. The van der Waals surface area contributed by atoms with Crippen LogP contribution >= 0.6 is 11.8 Å². The van der Waals surface area contributed by atoms with Crippen LogP contribution in [0.25, 0.3) is 0 Å². The van der Waals surface area contributed by atoms with Gasteiger partial charge in [-0.1, -0.05) is 13.8 Å². The maximum Gasteiger partial charge on any atom is 0.0639 e. The van der Waals surface area contributed by atoms with Crippen molar-refractivity contribution in [2.75, 3.05) is 31.3 Å². The number of anilines is 1. The van der Waals surface area contributed by atoms with Crippen LogP contribution in [0.3, 0.4) is 0 Å². The van der Waals surface area contributed by atoms with E-state index in [1.807, 2.05) is 0 Å². The Morgan fingerprint density at radius 2 is 1.88 bits per heavy atom. The largest absolute Gasteiger partial charge is 0.383 e. The minimum atomic E-state index is 0.724. The first-order chi connectivity index (χ1) is 8.22. The Hall–Kier alpha value is -0.670. The Morgan fingerprint density at radius 3 is 2.47 bits per heavy atom. The van der Waals surface area contributed by atoms with Crippen LogP contribution in [0.5, 0.6) is 0 Å². The highest BCUT2D eigenvalue weighted by Gasteiger charge is 1.95. The fourth-order valence-electron chi connectivity index (χ4n) is 1.40. The topological polar surface area (TPSA) is 21.3 Å². The van der Waals surface area contributed by atoms with Crippen LogP contribution in [0, 0.1) is 5.92 Å². The standard InChI is InChI=1S/C14H23NOS/c1-12(2)8-10-16-11-9-15-13-4-6-14(17-3)7-5-13/h4-7,12,15H,8-11H2,1-3H3. The normalized spacial score (nSPS) is 10.8. The third kappa shape index (κ3) is 6.59. The minimum absolute atomic E-state index is 0.724. The summed E-state index contributed by atoms with van der Waals surface area (Å²) in [6.07, 6.45) is 3.23. The van der Waals surface area contributed by atoms with Crippen molar-refractivity contribution in [3.63, 3.8) is 0 Å².